The lowest BCUT2D eigenvalue weighted by atomic mass is 9.99. The maximum Gasteiger partial charge on any atom is 0.573 e. The van der Waals surface area contributed by atoms with Crippen LogP contribution in [0.2, 0.25) is 0 Å². The molecule has 1 N–H and O–H groups in total. The molecule has 0 radical (unpaired) electrons. The molecule has 1 aromatic heterocycles. The minimum atomic E-state index is -4.72. The van der Waals surface area contributed by atoms with E-state index in [-0.39, 0.29) is 17.9 Å². The highest BCUT2D eigenvalue weighted by atomic mass is 19.4. The van der Waals surface area contributed by atoms with Gasteiger partial charge in [-0.15, -0.1) is 13.2 Å². The number of alkyl halides is 3. The average molecular weight is 523 g/mol. The van der Waals surface area contributed by atoms with Gasteiger partial charge >= 0.3 is 12.3 Å². The summed E-state index contributed by atoms with van der Waals surface area (Å²) in [6, 6.07) is 23.1. The largest absolute Gasteiger partial charge is 0.573 e. The molecule has 0 aliphatic rings. The van der Waals surface area contributed by atoms with Gasteiger partial charge in [-0.05, 0) is 59.5 Å². The van der Waals surface area contributed by atoms with Crippen molar-refractivity contribution in [1.82, 2.24) is 4.98 Å². The normalized spacial score (nSPS) is 11.2. The molecule has 0 bridgehead atoms. The molecule has 0 atom stereocenters. The van der Waals surface area contributed by atoms with Crippen LogP contribution in [0.4, 0.5) is 18.9 Å². The monoisotopic (exact) mass is 522 g/mol. The standard InChI is InChI=1S/C29H25F3N2O4/c1-2-34(24-11-13-25(14-12-24)38-29(30,31)32)18-20-7-9-21(10-8-20)27-6-4-3-5-22(27)19-37-26-15-23(28(35)36)16-33-17-26/h3-17H,2,18-19H2,1H3,(H,35,36). The van der Waals surface area contributed by atoms with Crippen LogP contribution in [0, 0.1) is 0 Å². The molecule has 3 aromatic carbocycles. The van der Waals surface area contributed by atoms with Gasteiger partial charge in [-0.3, -0.25) is 4.98 Å². The summed E-state index contributed by atoms with van der Waals surface area (Å²) in [5, 5.41) is 9.15. The van der Waals surface area contributed by atoms with Crippen LogP contribution >= 0.6 is 0 Å². The van der Waals surface area contributed by atoms with E-state index < -0.39 is 12.3 Å². The Morgan fingerprint density at radius 2 is 1.66 bits per heavy atom. The van der Waals surface area contributed by atoms with Gasteiger partial charge in [-0.1, -0.05) is 48.5 Å². The summed E-state index contributed by atoms with van der Waals surface area (Å²) in [6.07, 6.45) is -1.98. The molecule has 0 spiro atoms. The minimum absolute atomic E-state index is 0.0538. The fourth-order valence-electron chi connectivity index (χ4n) is 3.96. The molecule has 4 aromatic rings. The number of carbonyl (C=O) groups is 1. The van der Waals surface area contributed by atoms with E-state index in [0.29, 0.717) is 18.8 Å². The van der Waals surface area contributed by atoms with Crippen molar-refractivity contribution in [2.45, 2.75) is 26.4 Å². The van der Waals surface area contributed by atoms with Gasteiger partial charge in [0.2, 0.25) is 0 Å². The molecule has 0 unspecified atom stereocenters. The van der Waals surface area contributed by atoms with Crippen molar-refractivity contribution in [3.63, 3.8) is 0 Å². The zero-order valence-corrected chi connectivity index (χ0v) is 20.5. The Labute approximate surface area is 217 Å². The zero-order valence-electron chi connectivity index (χ0n) is 20.5. The van der Waals surface area contributed by atoms with Crippen molar-refractivity contribution in [3.8, 4) is 22.6 Å². The predicted octanol–water partition coefficient (Wildman–Crippen LogP) is 6.95. The number of anilines is 1. The lowest BCUT2D eigenvalue weighted by molar-refractivity contribution is -0.274. The molecule has 0 saturated heterocycles. The second-order valence-corrected chi connectivity index (χ2v) is 8.41. The lowest BCUT2D eigenvalue weighted by Gasteiger charge is -2.24. The first kappa shape index (κ1) is 26.5. The Kier molecular flexibility index (Phi) is 8.15. The van der Waals surface area contributed by atoms with Gasteiger partial charge in [0, 0.05) is 25.0 Å². The van der Waals surface area contributed by atoms with Gasteiger partial charge < -0.3 is 19.5 Å². The van der Waals surface area contributed by atoms with Crippen LogP contribution in [0.5, 0.6) is 11.5 Å². The molecule has 0 amide bonds. The number of rotatable bonds is 10. The summed E-state index contributed by atoms with van der Waals surface area (Å²) >= 11 is 0. The van der Waals surface area contributed by atoms with Gasteiger partial charge in [-0.2, -0.15) is 0 Å². The molecule has 9 heteroatoms. The topological polar surface area (TPSA) is 71.9 Å². The van der Waals surface area contributed by atoms with Gasteiger partial charge in [0.1, 0.15) is 18.1 Å². The van der Waals surface area contributed by atoms with Crippen molar-refractivity contribution in [2.75, 3.05) is 11.4 Å². The fourth-order valence-corrected chi connectivity index (χ4v) is 3.96. The summed E-state index contributed by atoms with van der Waals surface area (Å²) < 4.78 is 47.1. The fraction of sp³-hybridized carbons (Fsp3) is 0.172. The van der Waals surface area contributed by atoms with E-state index in [1.54, 1.807) is 12.1 Å². The van der Waals surface area contributed by atoms with Gasteiger partial charge in [0.25, 0.3) is 0 Å². The molecule has 1 heterocycles. The number of carboxylic acid groups (broad SMARTS) is 1. The number of nitrogens with zero attached hydrogens (tertiary/aromatic N) is 2. The first-order chi connectivity index (χ1) is 18.2. The number of hydrogen-bond donors (Lipinski definition) is 1. The third-order valence-electron chi connectivity index (χ3n) is 5.83. The van der Waals surface area contributed by atoms with Gasteiger partial charge in [-0.25, -0.2) is 4.79 Å². The number of benzene rings is 3. The molecular formula is C29H25F3N2O4. The first-order valence-electron chi connectivity index (χ1n) is 11.8. The van der Waals surface area contributed by atoms with Crippen molar-refractivity contribution in [3.05, 3.63) is 108 Å². The number of pyridine rings is 1. The maximum absolute atomic E-state index is 12.4. The number of halogens is 3. The zero-order chi connectivity index (χ0) is 27.1. The first-order valence-corrected chi connectivity index (χ1v) is 11.8. The van der Waals surface area contributed by atoms with Crippen LogP contribution in [0.3, 0.4) is 0 Å². The molecule has 6 nitrogen and oxygen atoms in total. The number of hydrogen-bond acceptors (Lipinski definition) is 5. The van der Waals surface area contributed by atoms with E-state index in [2.05, 4.69) is 9.72 Å². The average Bonchev–Trinajstić information content (AvgIpc) is 2.91. The van der Waals surface area contributed by atoms with Gasteiger partial charge in [0.05, 0.1) is 11.8 Å². The number of aromatic carboxylic acids is 1. The molecule has 196 valence electrons. The maximum atomic E-state index is 12.4. The number of aromatic nitrogens is 1. The summed E-state index contributed by atoms with van der Waals surface area (Å²) in [5.74, 6) is -0.958. The third kappa shape index (κ3) is 7.03. The van der Waals surface area contributed by atoms with E-state index in [1.807, 2.05) is 60.4 Å². The Bertz CT molecular complexity index is 1370. The molecule has 0 saturated carbocycles. The molecule has 0 aliphatic carbocycles. The van der Waals surface area contributed by atoms with Crippen molar-refractivity contribution >= 4 is 11.7 Å². The summed E-state index contributed by atoms with van der Waals surface area (Å²) in [7, 11) is 0. The predicted molar refractivity (Wildman–Crippen MR) is 137 cm³/mol. The third-order valence-corrected chi connectivity index (χ3v) is 5.83. The van der Waals surface area contributed by atoms with E-state index in [0.717, 1.165) is 27.9 Å². The Balaban J connectivity index is 1.44. The Morgan fingerprint density at radius 1 is 0.947 bits per heavy atom. The van der Waals surface area contributed by atoms with E-state index >= 15 is 0 Å². The van der Waals surface area contributed by atoms with Crippen LogP contribution in [0.1, 0.15) is 28.4 Å². The highest BCUT2D eigenvalue weighted by Crippen LogP contribution is 2.28. The Morgan fingerprint density at radius 3 is 2.32 bits per heavy atom. The van der Waals surface area contributed by atoms with Crippen LogP contribution in [0.25, 0.3) is 11.1 Å². The van der Waals surface area contributed by atoms with E-state index in [9.17, 15) is 18.0 Å². The van der Waals surface area contributed by atoms with Gasteiger partial charge in [0.15, 0.2) is 0 Å². The van der Waals surface area contributed by atoms with Crippen LogP contribution in [-0.4, -0.2) is 29.0 Å². The van der Waals surface area contributed by atoms with Crippen molar-refractivity contribution in [1.29, 1.82) is 0 Å². The molecular weight excluding hydrogens is 497 g/mol. The van der Waals surface area contributed by atoms with Crippen molar-refractivity contribution in [2.24, 2.45) is 0 Å². The summed E-state index contributed by atoms with van der Waals surface area (Å²) in [4.78, 5) is 17.1. The smallest absolute Gasteiger partial charge is 0.487 e. The summed E-state index contributed by atoms with van der Waals surface area (Å²) in [5.41, 5.74) is 4.78. The van der Waals surface area contributed by atoms with E-state index in [4.69, 9.17) is 9.84 Å². The Hall–Kier alpha value is -4.53. The second kappa shape index (κ2) is 11.7. The van der Waals surface area contributed by atoms with Crippen LogP contribution < -0.4 is 14.4 Å². The SMILES string of the molecule is CCN(Cc1ccc(-c2ccccc2COc2cncc(C(=O)O)c2)cc1)c1ccc(OC(F)(F)F)cc1. The molecule has 38 heavy (non-hydrogen) atoms. The number of ether oxygens (including phenoxy) is 2. The van der Waals surface area contributed by atoms with Crippen LogP contribution in [-0.2, 0) is 13.2 Å². The molecule has 4 rings (SSSR count). The quantitative estimate of drug-likeness (QED) is 0.243. The van der Waals surface area contributed by atoms with Crippen LogP contribution in [0.15, 0.2) is 91.3 Å². The molecule has 0 fully saturated rings. The summed E-state index contributed by atoms with van der Waals surface area (Å²) in [6.45, 7) is 3.46. The highest BCUT2D eigenvalue weighted by molar-refractivity contribution is 5.87. The highest BCUT2D eigenvalue weighted by Gasteiger charge is 2.31. The number of carboxylic acids is 1. The molecule has 0 aliphatic heterocycles. The van der Waals surface area contributed by atoms with Crippen molar-refractivity contribution < 1.29 is 32.5 Å². The minimum Gasteiger partial charge on any atom is -0.487 e. The lowest BCUT2D eigenvalue weighted by Crippen LogP contribution is -2.22. The second-order valence-electron chi connectivity index (χ2n) is 8.41. The van der Waals surface area contributed by atoms with E-state index in [1.165, 1.54) is 30.6 Å².